The Bertz CT molecular complexity index is 340. The smallest absolute Gasteiger partial charge is 0.198 e. The van der Waals surface area contributed by atoms with E-state index in [0.717, 1.165) is 32.1 Å². The topological polar surface area (TPSA) is 38.7 Å². The van der Waals surface area contributed by atoms with Gasteiger partial charge in [0.25, 0.3) is 0 Å². The Kier molecular flexibility index (Phi) is 2.06. The van der Waals surface area contributed by atoms with Gasteiger partial charge in [-0.3, -0.25) is 0 Å². The second-order valence-corrected chi connectivity index (χ2v) is 6.48. The summed E-state index contributed by atoms with van der Waals surface area (Å²) in [6, 6.07) is 0. The molecule has 2 bridgehead atoms. The van der Waals surface area contributed by atoms with E-state index in [1.165, 1.54) is 32.1 Å². The molecule has 2 aliphatic carbocycles. The molecule has 2 aliphatic heterocycles. The Hall–Kier alpha value is -0.120. The predicted octanol–water partition coefficient (Wildman–Crippen LogP) is 2.71. The summed E-state index contributed by atoms with van der Waals surface area (Å²) in [4.78, 5) is 0. The number of rotatable bonds is 0. The van der Waals surface area contributed by atoms with Crippen molar-refractivity contribution in [3.05, 3.63) is 0 Å². The van der Waals surface area contributed by atoms with E-state index in [4.69, 9.17) is 9.47 Å². The van der Waals surface area contributed by atoms with Crippen molar-refractivity contribution in [2.45, 2.75) is 81.4 Å². The Balaban J connectivity index is 1.75. The van der Waals surface area contributed by atoms with E-state index in [-0.39, 0.29) is 5.60 Å². The summed E-state index contributed by atoms with van der Waals surface area (Å²) < 4.78 is 12.6. The summed E-state index contributed by atoms with van der Waals surface area (Å²) in [6.45, 7) is 0. The molecule has 0 unspecified atom stereocenters. The first-order chi connectivity index (χ1) is 8.18. The monoisotopic (exact) mass is 238 g/mol. The summed E-state index contributed by atoms with van der Waals surface area (Å²) in [5.74, 6) is -0.871. The normalized spacial score (nSPS) is 57.4. The molecule has 4 fully saturated rings. The zero-order chi connectivity index (χ0) is 11.6. The molecule has 96 valence electrons. The molecule has 1 N–H and O–H groups in total. The average Bonchev–Trinajstić information content (AvgIpc) is 2.52. The van der Waals surface area contributed by atoms with Gasteiger partial charge in [-0.2, -0.15) is 0 Å². The van der Waals surface area contributed by atoms with Crippen molar-refractivity contribution in [1.29, 1.82) is 0 Å². The van der Waals surface area contributed by atoms with Crippen LogP contribution >= 0.6 is 0 Å². The molecule has 0 radical (unpaired) electrons. The number of aliphatic hydroxyl groups is 1. The number of ether oxygens (including phenoxy) is 2. The molecule has 2 spiro atoms. The van der Waals surface area contributed by atoms with Crippen molar-refractivity contribution in [1.82, 2.24) is 0 Å². The average molecular weight is 238 g/mol. The Morgan fingerprint density at radius 3 is 2.59 bits per heavy atom. The van der Waals surface area contributed by atoms with Crippen molar-refractivity contribution in [2.24, 2.45) is 5.92 Å². The number of hydrogen-bond acceptors (Lipinski definition) is 3. The SMILES string of the molecule is O[C@@]12CCCC[C@@]13CC[C@H]1CCCC[C@@]1(O3)O2. The minimum absolute atomic E-state index is 0.362. The van der Waals surface area contributed by atoms with Crippen molar-refractivity contribution >= 4 is 0 Å². The highest BCUT2D eigenvalue weighted by atomic mass is 16.8. The van der Waals surface area contributed by atoms with E-state index in [2.05, 4.69) is 0 Å². The van der Waals surface area contributed by atoms with Gasteiger partial charge in [-0.1, -0.05) is 12.8 Å². The molecular formula is C14H22O3. The Morgan fingerprint density at radius 1 is 0.824 bits per heavy atom. The molecule has 0 aromatic carbocycles. The fraction of sp³-hybridized carbons (Fsp3) is 1.00. The third-order valence-electron chi connectivity index (χ3n) is 5.61. The lowest BCUT2D eigenvalue weighted by Gasteiger charge is -2.47. The first kappa shape index (κ1) is 10.8. The van der Waals surface area contributed by atoms with E-state index in [9.17, 15) is 5.11 Å². The van der Waals surface area contributed by atoms with Gasteiger partial charge in [0, 0.05) is 18.8 Å². The molecule has 3 heteroatoms. The highest BCUT2D eigenvalue weighted by Crippen LogP contribution is 2.62. The van der Waals surface area contributed by atoms with Crippen LogP contribution in [0.5, 0.6) is 0 Å². The molecule has 0 aromatic heterocycles. The van der Waals surface area contributed by atoms with Gasteiger partial charge in [0.1, 0.15) is 5.60 Å². The van der Waals surface area contributed by atoms with Crippen LogP contribution in [0, 0.1) is 5.92 Å². The van der Waals surface area contributed by atoms with Crippen molar-refractivity contribution < 1.29 is 14.6 Å². The molecular weight excluding hydrogens is 216 g/mol. The van der Waals surface area contributed by atoms with Gasteiger partial charge in [0.2, 0.25) is 0 Å². The van der Waals surface area contributed by atoms with Crippen LogP contribution in [0.3, 0.4) is 0 Å². The maximum atomic E-state index is 10.9. The Labute approximate surface area is 102 Å². The van der Waals surface area contributed by atoms with Crippen LogP contribution in [-0.2, 0) is 9.47 Å². The van der Waals surface area contributed by atoms with Gasteiger partial charge in [-0.15, -0.1) is 0 Å². The quantitative estimate of drug-likeness (QED) is 0.705. The third-order valence-corrected chi connectivity index (χ3v) is 5.61. The summed E-state index contributed by atoms with van der Waals surface area (Å²) in [5, 5.41) is 10.9. The maximum Gasteiger partial charge on any atom is 0.198 e. The predicted molar refractivity (Wildman–Crippen MR) is 62.2 cm³/mol. The van der Waals surface area contributed by atoms with Gasteiger partial charge in [-0.25, -0.2) is 0 Å². The number of hydrogen-bond donors (Lipinski definition) is 1. The van der Waals surface area contributed by atoms with E-state index in [0.29, 0.717) is 5.92 Å². The second-order valence-electron chi connectivity index (χ2n) is 6.48. The lowest BCUT2D eigenvalue weighted by atomic mass is 9.71. The van der Waals surface area contributed by atoms with Gasteiger partial charge in [0.05, 0.1) is 0 Å². The van der Waals surface area contributed by atoms with Crippen LogP contribution in [0.15, 0.2) is 0 Å². The molecule has 2 saturated carbocycles. The van der Waals surface area contributed by atoms with E-state index in [1.54, 1.807) is 0 Å². The zero-order valence-corrected chi connectivity index (χ0v) is 10.4. The van der Waals surface area contributed by atoms with Crippen LogP contribution in [0.25, 0.3) is 0 Å². The molecule has 17 heavy (non-hydrogen) atoms. The highest BCUT2D eigenvalue weighted by Gasteiger charge is 2.70. The van der Waals surface area contributed by atoms with Gasteiger partial charge in [0.15, 0.2) is 11.6 Å². The van der Waals surface area contributed by atoms with Gasteiger partial charge < -0.3 is 14.6 Å². The van der Waals surface area contributed by atoms with E-state index < -0.39 is 11.6 Å². The first-order valence-electron chi connectivity index (χ1n) is 7.31. The molecule has 4 rings (SSSR count). The van der Waals surface area contributed by atoms with Gasteiger partial charge >= 0.3 is 0 Å². The minimum Gasteiger partial charge on any atom is -0.363 e. The highest BCUT2D eigenvalue weighted by molar-refractivity contribution is 5.10. The van der Waals surface area contributed by atoms with E-state index >= 15 is 0 Å². The van der Waals surface area contributed by atoms with Crippen LogP contribution in [-0.4, -0.2) is 22.3 Å². The standard InChI is InChI=1S/C14H22O3/c15-14-9-4-3-7-12(14)10-6-11-5-1-2-8-13(11,16-12)17-14/h11,15H,1-10H2/t11-,12-,13-,14-/m1/s1. The largest absolute Gasteiger partial charge is 0.363 e. The lowest BCUT2D eigenvalue weighted by Crippen LogP contribution is -2.55. The first-order valence-corrected chi connectivity index (χ1v) is 7.31. The van der Waals surface area contributed by atoms with Crippen LogP contribution < -0.4 is 0 Å². The Morgan fingerprint density at radius 2 is 1.65 bits per heavy atom. The van der Waals surface area contributed by atoms with Crippen molar-refractivity contribution in [3.8, 4) is 0 Å². The summed E-state index contributed by atoms with van der Waals surface area (Å²) in [6.07, 6.45) is 10.9. The summed E-state index contributed by atoms with van der Waals surface area (Å²) in [5.41, 5.74) is -0.362. The lowest BCUT2D eigenvalue weighted by molar-refractivity contribution is -0.280. The zero-order valence-electron chi connectivity index (χ0n) is 10.4. The minimum atomic E-state index is -0.975. The van der Waals surface area contributed by atoms with Crippen LogP contribution in [0.4, 0.5) is 0 Å². The fourth-order valence-corrected chi connectivity index (χ4v) is 4.71. The molecule has 3 nitrogen and oxygen atoms in total. The molecule has 0 aromatic rings. The second kappa shape index (κ2) is 3.25. The maximum absolute atomic E-state index is 10.9. The molecule has 2 heterocycles. The van der Waals surface area contributed by atoms with Crippen molar-refractivity contribution in [3.63, 3.8) is 0 Å². The molecule has 4 atom stereocenters. The molecule has 4 aliphatic rings. The fourth-order valence-electron chi connectivity index (χ4n) is 4.71. The van der Waals surface area contributed by atoms with Crippen LogP contribution in [0.1, 0.15) is 64.2 Å². The van der Waals surface area contributed by atoms with Gasteiger partial charge in [-0.05, 0) is 38.5 Å². The third kappa shape index (κ3) is 1.23. The van der Waals surface area contributed by atoms with Crippen molar-refractivity contribution in [2.75, 3.05) is 0 Å². The molecule has 2 saturated heterocycles. The van der Waals surface area contributed by atoms with E-state index in [1.807, 2.05) is 0 Å². The summed E-state index contributed by atoms with van der Waals surface area (Å²) >= 11 is 0. The van der Waals surface area contributed by atoms with Crippen LogP contribution in [0.2, 0.25) is 0 Å². The molecule has 0 amide bonds. The summed E-state index contributed by atoms with van der Waals surface area (Å²) in [7, 11) is 0.